The highest BCUT2D eigenvalue weighted by Gasteiger charge is 2.16. The molecule has 1 rings (SSSR count). The molecule has 0 spiro atoms. The number of nitrogens with two attached hydrogens (primary N) is 1. The van der Waals surface area contributed by atoms with E-state index < -0.39 is 10.8 Å². The van der Waals surface area contributed by atoms with Crippen LogP contribution in [0.1, 0.15) is 10.4 Å². The van der Waals surface area contributed by atoms with Gasteiger partial charge in [0.1, 0.15) is 0 Å². The highest BCUT2D eigenvalue weighted by Crippen LogP contribution is 2.23. The van der Waals surface area contributed by atoms with Crippen LogP contribution in [0.2, 0.25) is 0 Å². The zero-order chi connectivity index (χ0) is 12.3. The van der Waals surface area contributed by atoms with Gasteiger partial charge in [-0.15, -0.1) is 0 Å². The Morgan fingerprint density at radius 1 is 1.50 bits per heavy atom. The lowest BCUT2D eigenvalue weighted by molar-refractivity contribution is -0.384. The average molecular weight is 224 g/mol. The topological polar surface area (TPSA) is 101 Å². The number of non-ortho nitro benzene ring substituents is 1. The fraction of sp³-hybridized carbons (Fsp3) is 0.222. The first kappa shape index (κ1) is 11.9. The van der Waals surface area contributed by atoms with Gasteiger partial charge < -0.3 is 4.90 Å². The lowest BCUT2D eigenvalue weighted by Gasteiger charge is -2.15. The van der Waals surface area contributed by atoms with E-state index in [4.69, 9.17) is 5.84 Å². The van der Waals surface area contributed by atoms with Crippen LogP contribution >= 0.6 is 0 Å². The smallest absolute Gasteiger partial charge is 0.270 e. The maximum absolute atomic E-state index is 11.4. The van der Waals surface area contributed by atoms with E-state index >= 15 is 0 Å². The summed E-state index contributed by atoms with van der Waals surface area (Å²) in [5.41, 5.74) is 2.54. The molecule has 16 heavy (non-hydrogen) atoms. The average Bonchev–Trinajstić information content (AvgIpc) is 2.26. The van der Waals surface area contributed by atoms with Gasteiger partial charge in [0, 0.05) is 31.9 Å². The second kappa shape index (κ2) is 4.58. The third-order valence-electron chi connectivity index (χ3n) is 2.05. The Hall–Kier alpha value is -2.15. The fourth-order valence-electron chi connectivity index (χ4n) is 1.29. The summed E-state index contributed by atoms with van der Waals surface area (Å²) in [6.45, 7) is 0. The van der Waals surface area contributed by atoms with E-state index in [0.717, 1.165) is 0 Å². The van der Waals surface area contributed by atoms with Crippen LogP contribution in [-0.2, 0) is 0 Å². The SMILES string of the molecule is CN(C)c1ccc([N+](=O)[O-])cc1C(=O)NN. The molecule has 0 saturated heterocycles. The summed E-state index contributed by atoms with van der Waals surface area (Å²) in [7, 11) is 3.46. The van der Waals surface area contributed by atoms with Crippen molar-refractivity contribution in [2.45, 2.75) is 0 Å². The molecule has 0 fully saturated rings. The number of hydrogen-bond acceptors (Lipinski definition) is 5. The van der Waals surface area contributed by atoms with E-state index in [-0.39, 0.29) is 11.3 Å². The summed E-state index contributed by atoms with van der Waals surface area (Å²) in [6, 6.07) is 4.03. The number of nitro groups is 1. The first-order valence-corrected chi connectivity index (χ1v) is 4.44. The van der Waals surface area contributed by atoms with Gasteiger partial charge in [-0.05, 0) is 6.07 Å². The number of carbonyl (C=O) groups is 1. The molecule has 0 aliphatic heterocycles. The Labute approximate surface area is 92.0 Å². The summed E-state index contributed by atoms with van der Waals surface area (Å²) in [6.07, 6.45) is 0. The third-order valence-corrected chi connectivity index (χ3v) is 2.05. The van der Waals surface area contributed by atoms with Gasteiger partial charge in [0.05, 0.1) is 10.5 Å². The Bertz CT molecular complexity index is 431. The summed E-state index contributed by atoms with van der Waals surface area (Å²) in [5, 5.41) is 10.6. The van der Waals surface area contributed by atoms with Gasteiger partial charge in [0.15, 0.2) is 0 Å². The van der Waals surface area contributed by atoms with Crippen molar-refractivity contribution in [3.8, 4) is 0 Å². The number of amides is 1. The zero-order valence-electron chi connectivity index (χ0n) is 8.93. The van der Waals surface area contributed by atoms with Crippen molar-refractivity contribution in [2.24, 2.45) is 5.84 Å². The van der Waals surface area contributed by atoms with E-state index in [1.807, 2.05) is 5.43 Å². The van der Waals surface area contributed by atoms with Crippen molar-refractivity contribution in [1.29, 1.82) is 0 Å². The fourth-order valence-corrected chi connectivity index (χ4v) is 1.29. The van der Waals surface area contributed by atoms with Gasteiger partial charge in [0.25, 0.3) is 11.6 Å². The Morgan fingerprint density at radius 3 is 2.56 bits per heavy atom. The van der Waals surface area contributed by atoms with Crippen molar-refractivity contribution in [3.05, 3.63) is 33.9 Å². The van der Waals surface area contributed by atoms with E-state index in [9.17, 15) is 14.9 Å². The molecule has 0 saturated carbocycles. The molecule has 7 nitrogen and oxygen atoms in total. The highest BCUT2D eigenvalue weighted by molar-refractivity contribution is 6.00. The van der Waals surface area contributed by atoms with Gasteiger partial charge in [-0.2, -0.15) is 0 Å². The molecule has 3 N–H and O–H groups in total. The molecule has 0 bridgehead atoms. The van der Waals surface area contributed by atoms with Gasteiger partial charge in [-0.3, -0.25) is 20.3 Å². The molecule has 0 unspecified atom stereocenters. The number of nitrogens with zero attached hydrogens (tertiary/aromatic N) is 2. The molecule has 1 aromatic rings. The Kier molecular flexibility index (Phi) is 3.41. The number of hydrazine groups is 1. The molecule has 0 atom stereocenters. The van der Waals surface area contributed by atoms with Crippen molar-refractivity contribution in [2.75, 3.05) is 19.0 Å². The quantitative estimate of drug-likeness (QED) is 0.332. The summed E-state index contributed by atoms with van der Waals surface area (Å²) < 4.78 is 0. The lowest BCUT2D eigenvalue weighted by Crippen LogP contribution is -2.31. The Balaban J connectivity index is 3.32. The minimum Gasteiger partial charge on any atom is -0.377 e. The predicted molar refractivity (Wildman–Crippen MR) is 59.1 cm³/mol. The van der Waals surface area contributed by atoms with Crippen LogP contribution in [0.5, 0.6) is 0 Å². The number of carbonyl (C=O) groups excluding carboxylic acids is 1. The number of rotatable bonds is 3. The van der Waals surface area contributed by atoms with Crippen LogP contribution in [0.4, 0.5) is 11.4 Å². The summed E-state index contributed by atoms with van der Waals surface area (Å²) >= 11 is 0. The minimum atomic E-state index is -0.563. The number of benzene rings is 1. The number of nitrogens with one attached hydrogen (secondary N) is 1. The molecule has 1 aromatic carbocycles. The van der Waals surface area contributed by atoms with Gasteiger partial charge in [-0.25, -0.2) is 5.84 Å². The molecular formula is C9H12N4O3. The van der Waals surface area contributed by atoms with Crippen molar-refractivity contribution < 1.29 is 9.72 Å². The lowest BCUT2D eigenvalue weighted by atomic mass is 10.1. The second-order valence-electron chi connectivity index (χ2n) is 3.33. The van der Waals surface area contributed by atoms with Gasteiger partial charge in [-0.1, -0.05) is 0 Å². The van der Waals surface area contributed by atoms with Crippen molar-refractivity contribution in [3.63, 3.8) is 0 Å². The van der Waals surface area contributed by atoms with Crippen LogP contribution in [0.15, 0.2) is 18.2 Å². The first-order valence-electron chi connectivity index (χ1n) is 4.44. The van der Waals surface area contributed by atoms with Crippen molar-refractivity contribution >= 4 is 17.3 Å². The van der Waals surface area contributed by atoms with Crippen LogP contribution in [0, 0.1) is 10.1 Å². The monoisotopic (exact) mass is 224 g/mol. The molecule has 0 radical (unpaired) electrons. The van der Waals surface area contributed by atoms with Crippen molar-refractivity contribution in [1.82, 2.24) is 5.43 Å². The molecular weight excluding hydrogens is 212 g/mol. The highest BCUT2D eigenvalue weighted by atomic mass is 16.6. The first-order chi connectivity index (χ1) is 7.47. The number of hydrogen-bond donors (Lipinski definition) is 2. The number of nitrogen functional groups attached to an aromatic ring is 1. The molecule has 0 aromatic heterocycles. The maximum atomic E-state index is 11.4. The molecule has 0 aliphatic rings. The molecule has 7 heteroatoms. The second-order valence-corrected chi connectivity index (χ2v) is 3.33. The molecule has 86 valence electrons. The zero-order valence-corrected chi connectivity index (χ0v) is 8.93. The summed E-state index contributed by atoms with van der Waals surface area (Å²) in [4.78, 5) is 23.1. The Morgan fingerprint density at radius 2 is 2.12 bits per heavy atom. The standard InChI is InChI=1S/C9H12N4O3/c1-12(2)8-4-3-6(13(15)16)5-7(8)9(14)11-10/h3-5H,10H2,1-2H3,(H,11,14). The molecule has 0 aliphatic carbocycles. The number of anilines is 1. The largest absolute Gasteiger partial charge is 0.377 e. The van der Waals surface area contributed by atoms with E-state index in [2.05, 4.69) is 0 Å². The number of nitro benzene ring substituents is 1. The third kappa shape index (κ3) is 2.26. The van der Waals surface area contributed by atoms with Gasteiger partial charge >= 0.3 is 0 Å². The van der Waals surface area contributed by atoms with Crippen LogP contribution in [-0.4, -0.2) is 24.9 Å². The van der Waals surface area contributed by atoms with Crippen LogP contribution in [0.25, 0.3) is 0 Å². The molecule has 0 heterocycles. The predicted octanol–water partition coefficient (Wildman–Crippen LogP) is 0.264. The maximum Gasteiger partial charge on any atom is 0.270 e. The molecule has 1 amide bonds. The van der Waals surface area contributed by atoms with E-state index in [1.54, 1.807) is 19.0 Å². The van der Waals surface area contributed by atoms with E-state index in [1.165, 1.54) is 18.2 Å². The van der Waals surface area contributed by atoms with Gasteiger partial charge in [0.2, 0.25) is 0 Å². The van der Waals surface area contributed by atoms with E-state index in [0.29, 0.717) is 5.69 Å². The summed E-state index contributed by atoms with van der Waals surface area (Å²) in [5.74, 6) is 4.45. The van der Waals surface area contributed by atoms with Crippen LogP contribution < -0.4 is 16.2 Å². The van der Waals surface area contributed by atoms with Crippen LogP contribution in [0.3, 0.4) is 0 Å². The minimum absolute atomic E-state index is 0.149. The normalized spacial score (nSPS) is 9.69.